The maximum Gasteiger partial charge on any atom is 0.252 e. The molecule has 6 heterocycles. The molecule has 15 rings (SSSR count). The van der Waals surface area contributed by atoms with Crippen molar-refractivity contribution in [2.75, 3.05) is 9.80 Å². The summed E-state index contributed by atoms with van der Waals surface area (Å²) in [6, 6.07) is 59.0. The van der Waals surface area contributed by atoms with Gasteiger partial charge in [0.15, 0.2) is 0 Å². The van der Waals surface area contributed by atoms with Crippen LogP contribution in [0.5, 0.6) is 0 Å². The predicted molar refractivity (Wildman–Crippen MR) is 372 cm³/mol. The Balaban J connectivity index is 1.05. The van der Waals surface area contributed by atoms with Crippen molar-refractivity contribution in [2.24, 2.45) is 0 Å². The Morgan fingerprint density at radius 1 is 0.471 bits per heavy atom. The summed E-state index contributed by atoms with van der Waals surface area (Å²) < 4.78 is 10.1. The average Bonchev–Trinajstić information content (AvgIpc) is 1.27. The number of benzene rings is 9. The number of rotatable bonds is 5. The highest BCUT2D eigenvalue weighted by molar-refractivity contribution is 7.99. The lowest BCUT2D eigenvalue weighted by molar-refractivity contribution is 0.574. The van der Waals surface area contributed by atoms with Gasteiger partial charge >= 0.3 is 0 Å². The van der Waals surface area contributed by atoms with E-state index >= 15 is 0 Å². The molecule has 0 fully saturated rings. The molecule has 2 aromatic heterocycles. The Kier molecular flexibility index (Phi) is 12.0. The summed E-state index contributed by atoms with van der Waals surface area (Å²) in [6.07, 6.45) is 0. The fraction of sp³-hybridized carbons (Fsp3) is 0.312. The lowest BCUT2D eigenvalue weighted by Gasteiger charge is -2.51. The number of furan rings is 1. The number of hydrogen-bond acceptors (Lipinski definition) is 5. The van der Waals surface area contributed by atoms with Gasteiger partial charge in [0.25, 0.3) is 6.71 Å². The molecule has 436 valence electrons. The van der Waals surface area contributed by atoms with Crippen LogP contribution in [0, 0.1) is 0 Å². The fourth-order valence-electron chi connectivity index (χ4n) is 14.9. The van der Waals surface area contributed by atoms with E-state index in [4.69, 9.17) is 9.40 Å². The molecular formula is C80H81BN4OS. The van der Waals surface area contributed by atoms with Crippen LogP contribution in [-0.4, -0.2) is 16.3 Å². The molecule has 0 saturated heterocycles. The lowest BCUT2D eigenvalue weighted by Crippen LogP contribution is -2.63. The van der Waals surface area contributed by atoms with E-state index in [0.29, 0.717) is 11.8 Å². The Hall–Kier alpha value is -7.74. The van der Waals surface area contributed by atoms with Gasteiger partial charge in [-0.2, -0.15) is 0 Å². The first-order valence-electron chi connectivity index (χ1n) is 31.8. The van der Waals surface area contributed by atoms with E-state index in [0.717, 1.165) is 55.5 Å². The van der Waals surface area contributed by atoms with Crippen LogP contribution in [0.25, 0.3) is 61.2 Å². The van der Waals surface area contributed by atoms with Crippen LogP contribution in [0.4, 0.5) is 34.1 Å². The Bertz CT molecular complexity index is 4740. The maximum atomic E-state index is 7.63. The van der Waals surface area contributed by atoms with Crippen molar-refractivity contribution in [1.29, 1.82) is 0 Å². The van der Waals surface area contributed by atoms with Crippen LogP contribution in [0.2, 0.25) is 0 Å². The maximum absolute atomic E-state index is 7.63. The second-order valence-electron chi connectivity index (χ2n) is 30.9. The van der Waals surface area contributed by atoms with Crippen LogP contribution in [0.1, 0.15) is 181 Å². The van der Waals surface area contributed by atoms with Gasteiger partial charge in [-0.05, 0) is 155 Å². The van der Waals surface area contributed by atoms with E-state index in [9.17, 15) is 0 Å². The molecule has 4 aliphatic rings. The van der Waals surface area contributed by atoms with Crippen molar-refractivity contribution >= 4 is 102 Å². The van der Waals surface area contributed by atoms with Gasteiger partial charge in [-0.3, -0.25) is 4.57 Å². The van der Waals surface area contributed by atoms with Crippen molar-refractivity contribution in [3.8, 4) is 28.2 Å². The number of imidazole rings is 1. The summed E-state index contributed by atoms with van der Waals surface area (Å²) in [7, 11) is 0. The first-order valence-corrected chi connectivity index (χ1v) is 32.6. The van der Waals surface area contributed by atoms with Gasteiger partial charge in [-0.25, -0.2) is 4.98 Å². The number of hydrogen-bond donors (Lipinski definition) is 0. The van der Waals surface area contributed by atoms with Gasteiger partial charge in [0.05, 0.1) is 39.3 Å². The third-order valence-corrected chi connectivity index (χ3v) is 21.0. The minimum atomic E-state index is -0.311. The zero-order chi connectivity index (χ0) is 61.1. The first-order chi connectivity index (χ1) is 41.1. The number of anilines is 6. The van der Waals surface area contributed by atoms with Crippen LogP contribution >= 0.6 is 11.8 Å². The zero-order valence-corrected chi connectivity index (χ0v) is 55.1. The number of para-hydroxylation sites is 5. The first kappa shape index (κ1) is 55.8. The van der Waals surface area contributed by atoms with Gasteiger partial charge in [0.1, 0.15) is 17.0 Å². The minimum Gasteiger partial charge on any atom is -0.455 e. The van der Waals surface area contributed by atoms with Crippen molar-refractivity contribution in [2.45, 2.75) is 173 Å². The standard InChI is InChI=1S/C80H81BN4OS/c1-44(2)51-24-21-25-52(45(3)4)70(51)85-63-31-20-19-30-61(63)82-75(85)56-29-23-28-55-54-27-22-26-53(73(54)86-74(55)56)46-36-65-69-66(37-46)84-64-35-33-48(77(8,9)10)42-67(64)87-68-43-50(79(14,15)16)41-60(72(68)84)81(69)59-40-49(78(11,12)13)39-58-71(59)83(65)62-34-32-47(76(5,6)7)38-57(62)80(58,17)18/h19-45H,1-18H3. The summed E-state index contributed by atoms with van der Waals surface area (Å²) in [5, 5.41) is 2.16. The fourth-order valence-corrected chi connectivity index (χ4v) is 16.1. The van der Waals surface area contributed by atoms with E-state index in [1.165, 1.54) is 110 Å². The molecule has 0 radical (unpaired) electrons. The van der Waals surface area contributed by atoms with E-state index < -0.39 is 0 Å². The Labute approximate surface area is 520 Å². The molecule has 87 heavy (non-hydrogen) atoms. The molecule has 0 amide bonds. The molecule has 0 N–H and O–H groups in total. The van der Waals surface area contributed by atoms with Crippen molar-refractivity contribution in [3.63, 3.8) is 0 Å². The monoisotopic (exact) mass is 1160 g/mol. The van der Waals surface area contributed by atoms with E-state index in [-0.39, 0.29) is 33.8 Å². The molecular weight excluding hydrogens is 1080 g/mol. The van der Waals surface area contributed by atoms with Gasteiger partial charge in [0.2, 0.25) is 0 Å². The van der Waals surface area contributed by atoms with Gasteiger partial charge < -0.3 is 14.2 Å². The highest BCUT2D eigenvalue weighted by Crippen LogP contribution is 2.59. The molecule has 0 saturated carbocycles. The quantitative estimate of drug-likeness (QED) is 0.161. The normalized spacial score (nSPS) is 15.0. The van der Waals surface area contributed by atoms with E-state index in [1.54, 1.807) is 0 Å². The topological polar surface area (TPSA) is 37.4 Å². The van der Waals surface area contributed by atoms with Gasteiger partial charge in [-0.15, -0.1) is 0 Å². The zero-order valence-electron chi connectivity index (χ0n) is 54.3. The minimum absolute atomic E-state index is 0.0256. The molecule has 0 atom stereocenters. The average molecular weight is 1160 g/mol. The third kappa shape index (κ3) is 8.22. The molecule has 9 aromatic carbocycles. The molecule has 0 spiro atoms. The largest absolute Gasteiger partial charge is 0.455 e. The van der Waals surface area contributed by atoms with E-state index in [1.807, 2.05) is 11.8 Å². The molecule has 7 heteroatoms. The molecule has 5 nitrogen and oxygen atoms in total. The van der Waals surface area contributed by atoms with Gasteiger partial charge in [0, 0.05) is 48.6 Å². The Morgan fingerprint density at radius 3 is 1.61 bits per heavy atom. The second-order valence-corrected chi connectivity index (χ2v) is 32.0. The smallest absolute Gasteiger partial charge is 0.252 e. The SMILES string of the molecule is CC(C)c1cccc(C(C)C)c1-n1c(-c2cccc3c2oc2c(-c4cc5c6c(c4)N4c7ccc(C(C)(C)C)cc7C(C)(C)c7cc(C(C)(C)C)cc(c74)B6c4cc(C(C)(C)C)cc6c4N5c4ccc(C(C)(C)C)cc4S6)cccc23)nc2ccccc21. The van der Waals surface area contributed by atoms with Crippen LogP contribution in [0.3, 0.4) is 0 Å². The van der Waals surface area contributed by atoms with Crippen LogP contribution in [-0.2, 0) is 27.1 Å². The van der Waals surface area contributed by atoms with Crippen LogP contribution < -0.4 is 26.2 Å². The van der Waals surface area contributed by atoms with Gasteiger partial charge in [-0.1, -0.05) is 233 Å². The molecule has 0 bridgehead atoms. The van der Waals surface area contributed by atoms with Crippen molar-refractivity contribution in [1.82, 2.24) is 9.55 Å². The molecule has 4 aliphatic heterocycles. The van der Waals surface area contributed by atoms with Crippen molar-refractivity contribution in [3.05, 3.63) is 196 Å². The summed E-state index contributed by atoms with van der Waals surface area (Å²) >= 11 is 1.96. The Morgan fingerprint density at radius 2 is 0.989 bits per heavy atom. The highest BCUT2D eigenvalue weighted by atomic mass is 32.2. The lowest BCUT2D eigenvalue weighted by atomic mass is 9.32. The summed E-state index contributed by atoms with van der Waals surface area (Å²) in [5.41, 5.74) is 29.9. The van der Waals surface area contributed by atoms with Crippen LogP contribution in [0.15, 0.2) is 166 Å². The second kappa shape index (κ2) is 18.7. The number of fused-ring (bicyclic) bond motifs is 12. The molecule has 11 aromatic rings. The summed E-state index contributed by atoms with van der Waals surface area (Å²) in [4.78, 5) is 13.5. The third-order valence-electron chi connectivity index (χ3n) is 19.9. The number of nitrogens with zero attached hydrogens (tertiary/aromatic N) is 4. The summed E-state index contributed by atoms with van der Waals surface area (Å²) in [5.74, 6) is 1.47. The number of aromatic nitrogens is 2. The molecule has 0 unspecified atom stereocenters. The van der Waals surface area contributed by atoms with E-state index in [2.05, 4.69) is 291 Å². The van der Waals surface area contributed by atoms with Crippen molar-refractivity contribution < 1.29 is 4.42 Å². The highest BCUT2D eigenvalue weighted by Gasteiger charge is 2.51. The summed E-state index contributed by atoms with van der Waals surface area (Å²) in [6.45, 7) is 42.5. The molecule has 0 aliphatic carbocycles. The predicted octanol–water partition coefficient (Wildman–Crippen LogP) is 20.9.